The lowest BCUT2D eigenvalue weighted by Gasteiger charge is -2.26. The van der Waals surface area contributed by atoms with Gasteiger partial charge in [-0.2, -0.15) is 5.10 Å². The number of carbonyl (C=O) groups is 2. The van der Waals surface area contributed by atoms with Gasteiger partial charge in [-0.05, 0) is 24.6 Å². The molecule has 3 N–H and O–H groups in total. The molecule has 1 amide bonds. The maximum absolute atomic E-state index is 12.4. The zero-order valence-corrected chi connectivity index (χ0v) is 13.5. The molecule has 0 spiro atoms. The molecule has 24 heavy (non-hydrogen) atoms. The molecule has 1 atom stereocenters. The van der Waals surface area contributed by atoms with Gasteiger partial charge in [0.2, 0.25) is 0 Å². The number of hydrogen-bond donors (Lipinski definition) is 3. The zero-order valence-electron chi connectivity index (χ0n) is 12.7. The monoisotopic (exact) mass is 349 g/mol. The maximum atomic E-state index is 12.4. The Morgan fingerprint density at radius 2 is 2.12 bits per heavy atom. The summed E-state index contributed by atoms with van der Waals surface area (Å²) >= 11 is 5.85. The summed E-state index contributed by atoms with van der Waals surface area (Å²) in [6.45, 7) is 0.607. The fourth-order valence-electron chi connectivity index (χ4n) is 2.69. The number of carbonyl (C=O) groups excluding carboxylic acids is 1. The summed E-state index contributed by atoms with van der Waals surface area (Å²) in [6, 6.07) is 8.70. The molecule has 0 radical (unpaired) electrons. The van der Waals surface area contributed by atoms with Crippen LogP contribution in [0.5, 0.6) is 0 Å². The van der Waals surface area contributed by atoms with Gasteiger partial charge in [-0.25, -0.2) is 0 Å². The van der Waals surface area contributed by atoms with Gasteiger partial charge < -0.3 is 15.2 Å². The van der Waals surface area contributed by atoms with Crippen molar-refractivity contribution in [3.05, 3.63) is 41.0 Å². The molecule has 0 bridgehead atoms. The van der Waals surface area contributed by atoms with E-state index in [4.69, 9.17) is 21.4 Å². The molecule has 7 nitrogen and oxygen atoms in total. The number of aromatic nitrogens is 2. The molecule has 1 fully saturated rings. The molecule has 8 heteroatoms. The molecule has 2 aromatic rings. The Bertz CT molecular complexity index is 751. The van der Waals surface area contributed by atoms with Crippen LogP contribution in [0.25, 0.3) is 11.3 Å². The number of carboxylic acid groups (broad SMARTS) is 1. The van der Waals surface area contributed by atoms with Gasteiger partial charge in [0.05, 0.1) is 24.3 Å². The summed E-state index contributed by atoms with van der Waals surface area (Å²) in [5.74, 6) is -1.39. The lowest BCUT2D eigenvalue weighted by molar-refractivity contribution is -0.138. The van der Waals surface area contributed by atoms with Crippen LogP contribution in [-0.4, -0.2) is 45.9 Å². The van der Waals surface area contributed by atoms with Crippen molar-refractivity contribution >= 4 is 23.5 Å². The van der Waals surface area contributed by atoms with Gasteiger partial charge in [0.15, 0.2) is 0 Å². The third-order valence-corrected chi connectivity index (χ3v) is 4.19. The minimum absolute atomic E-state index is 0.184. The molecule has 126 valence electrons. The number of hydrogen-bond acceptors (Lipinski definition) is 4. The molecular formula is C16H16ClN3O4. The Morgan fingerprint density at radius 1 is 1.38 bits per heavy atom. The van der Waals surface area contributed by atoms with Crippen LogP contribution in [0.3, 0.4) is 0 Å². The fraction of sp³-hybridized carbons (Fsp3) is 0.312. The molecule has 1 aliphatic heterocycles. The number of carboxylic acids is 1. The topological polar surface area (TPSA) is 104 Å². The smallest absolute Gasteiger partial charge is 0.305 e. The van der Waals surface area contributed by atoms with Gasteiger partial charge in [-0.15, -0.1) is 0 Å². The summed E-state index contributed by atoms with van der Waals surface area (Å²) in [4.78, 5) is 23.5. The van der Waals surface area contributed by atoms with E-state index in [1.165, 1.54) is 0 Å². The second-order valence-corrected chi connectivity index (χ2v) is 6.22. The summed E-state index contributed by atoms with van der Waals surface area (Å²) < 4.78 is 5.27. The Labute approximate surface area is 143 Å². The highest BCUT2D eigenvalue weighted by Crippen LogP contribution is 2.24. The second kappa shape index (κ2) is 6.62. The summed E-state index contributed by atoms with van der Waals surface area (Å²) in [5, 5.41) is 19.3. The van der Waals surface area contributed by atoms with Crippen molar-refractivity contribution in [2.45, 2.75) is 18.4 Å². The van der Waals surface area contributed by atoms with Crippen LogP contribution in [0.1, 0.15) is 23.3 Å². The number of ether oxygens (including phenoxy) is 1. The van der Waals surface area contributed by atoms with Gasteiger partial charge in [-0.3, -0.25) is 14.7 Å². The van der Waals surface area contributed by atoms with Crippen LogP contribution >= 0.6 is 11.6 Å². The van der Waals surface area contributed by atoms with Crippen LogP contribution in [0.2, 0.25) is 5.02 Å². The maximum Gasteiger partial charge on any atom is 0.305 e. The van der Waals surface area contributed by atoms with Crippen molar-refractivity contribution in [2.75, 3.05) is 13.2 Å². The minimum Gasteiger partial charge on any atom is -0.481 e. The van der Waals surface area contributed by atoms with Gasteiger partial charge in [-0.1, -0.05) is 23.7 Å². The van der Waals surface area contributed by atoms with Gasteiger partial charge in [0.1, 0.15) is 5.69 Å². The number of aromatic amines is 1. The molecule has 1 saturated heterocycles. The molecule has 2 heterocycles. The van der Waals surface area contributed by atoms with Crippen molar-refractivity contribution < 1.29 is 19.4 Å². The van der Waals surface area contributed by atoms with E-state index in [2.05, 4.69) is 15.5 Å². The zero-order chi connectivity index (χ0) is 17.2. The largest absolute Gasteiger partial charge is 0.481 e. The van der Waals surface area contributed by atoms with Gasteiger partial charge in [0.25, 0.3) is 5.91 Å². The normalized spacial score (nSPS) is 20.0. The lowest BCUT2D eigenvalue weighted by Crippen LogP contribution is -2.50. The second-order valence-electron chi connectivity index (χ2n) is 5.78. The Balaban J connectivity index is 1.75. The highest BCUT2D eigenvalue weighted by molar-refractivity contribution is 6.30. The number of nitrogens with one attached hydrogen (secondary N) is 2. The first-order valence-electron chi connectivity index (χ1n) is 7.41. The van der Waals surface area contributed by atoms with E-state index < -0.39 is 17.4 Å². The van der Waals surface area contributed by atoms with Crippen LogP contribution in [-0.2, 0) is 9.53 Å². The van der Waals surface area contributed by atoms with Gasteiger partial charge in [0, 0.05) is 17.2 Å². The number of amides is 1. The van der Waals surface area contributed by atoms with Crippen LogP contribution in [0.15, 0.2) is 30.3 Å². The number of halogens is 1. The predicted octanol–water partition coefficient (Wildman–Crippen LogP) is 2.09. The average molecular weight is 350 g/mol. The van der Waals surface area contributed by atoms with Crippen molar-refractivity contribution in [2.24, 2.45) is 0 Å². The predicted molar refractivity (Wildman–Crippen MR) is 86.9 cm³/mol. The SMILES string of the molecule is O=C(O)CC1(NC(=O)c2cc(-c3ccc(Cl)cc3)n[nH]2)CCOC1. The molecule has 0 aliphatic carbocycles. The van der Waals surface area contributed by atoms with Crippen molar-refractivity contribution in [3.63, 3.8) is 0 Å². The van der Waals surface area contributed by atoms with Crippen LogP contribution in [0.4, 0.5) is 0 Å². The summed E-state index contributed by atoms with van der Waals surface area (Å²) in [7, 11) is 0. The Kier molecular flexibility index (Phi) is 4.55. The first kappa shape index (κ1) is 16.5. The van der Waals surface area contributed by atoms with E-state index >= 15 is 0 Å². The van der Waals surface area contributed by atoms with Crippen LogP contribution in [0, 0.1) is 0 Å². The highest BCUT2D eigenvalue weighted by Gasteiger charge is 2.39. The standard InChI is InChI=1S/C16H16ClN3O4/c17-11-3-1-10(2-4-11)12-7-13(20-19-12)15(23)18-16(8-14(21)22)5-6-24-9-16/h1-4,7H,5-6,8-9H2,(H,18,23)(H,19,20)(H,21,22). The van der Waals surface area contributed by atoms with Crippen molar-refractivity contribution in [1.82, 2.24) is 15.5 Å². The van der Waals surface area contributed by atoms with Gasteiger partial charge >= 0.3 is 5.97 Å². The number of rotatable bonds is 5. The highest BCUT2D eigenvalue weighted by atomic mass is 35.5. The van der Waals surface area contributed by atoms with E-state index in [0.29, 0.717) is 23.7 Å². The number of nitrogens with zero attached hydrogens (tertiary/aromatic N) is 1. The average Bonchev–Trinajstić information content (AvgIpc) is 3.17. The van der Waals surface area contributed by atoms with Crippen LogP contribution < -0.4 is 5.32 Å². The number of H-pyrrole nitrogens is 1. The summed E-state index contributed by atoms with van der Waals surface area (Å²) in [5.41, 5.74) is 0.802. The molecule has 1 unspecified atom stereocenters. The number of aliphatic carboxylic acids is 1. The minimum atomic E-state index is -0.979. The number of benzene rings is 1. The van der Waals surface area contributed by atoms with E-state index in [-0.39, 0.29) is 18.7 Å². The van der Waals surface area contributed by atoms with E-state index in [1.54, 1.807) is 30.3 Å². The third kappa shape index (κ3) is 3.58. The first-order valence-corrected chi connectivity index (χ1v) is 7.79. The molecule has 1 aliphatic rings. The molecule has 1 aromatic carbocycles. The molecule has 3 rings (SSSR count). The summed E-state index contributed by atoms with van der Waals surface area (Å²) in [6.07, 6.45) is 0.278. The molecular weight excluding hydrogens is 334 g/mol. The molecule has 1 aromatic heterocycles. The Morgan fingerprint density at radius 3 is 2.75 bits per heavy atom. The van der Waals surface area contributed by atoms with E-state index in [1.807, 2.05) is 0 Å². The lowest BCUT2D eigenvalue weighted by atomic mass is 9.94. The van der Waals surface area contributed by atoms with E-state index in [9.17, 15) is 9.59 Å². The van der Waals surface area contributed by atoms with Crippen molar-refractivity contribution in [1.29, 1.82) is 0 Å². The third-order valence-electron chi connectivity index (χ3n) is 3.93. The quantitative estimate of drug-likeness (QED) is 0.766. The Hall–Kier alpha value is -2.38. The first-order chi connectivity index (χ1) is 11.5. The molecule has 0 saturated carbocycles. The van der Waals surface area contributed by atoms with Crippen molar-refractivity contribution in [3.8, 4) is 11.3 Å². The van der Waals surface area contributed by atoms with E-state index in [0.717, 1.165) is 5.56 Å². The fourth-order valence-corrected chi connectivity index (χ4v) is 2.82.